The lowest BCUT2D eigenvalue weighted by Gasteiger charge is -2.26. The Morgan fingerprint density at radius 2 is 2.21 bits per heavy atom. The summed E-state index contributed by atoms with van der Waals surface area (Å²) >= 11 is 3.36. The zero-order chi connectivity index (χ0) is 10.2. The molecule has 0 saturated heterocycles. The first kappa shape index (κ1) is 9.90. The largest absolute Gasteiger partial charge is 0.297 e. The van der Waals surface area contributed by atoms with Crippen LogP contribution in [0.3, 0.4) is 0 Å². The quantitative estimate of drug-likeness (QED) is 0.815. The Balaban J connectivity index is 2.41. The van der Waals surface area contributed by atoms with Crippen LogP contribution in [0.25, 0.3) is 0 Å². The van der Waals surface area contributed by atoms with E-state index in [1.54, 1.807) is 13.1 Å². The topological polar surface area (TPSA) is 34.9 Å². The zero-order valence-electron chi connectivity index (χ0n) is 8.16. The fourth-order valence-corrected chi connectivity index (χ4v) is 2.52. The second kappa shape index (κ2) is 3.50. The molecule has 1 fully saturated rings. The summed E-state index contributed by atoms with van der Waals surface area (Å²) in [5, 5.41) is 4.24. The first-order valence-corrected chi connectivity index (χ1v) is 5.66. The number of rotatable bonds is 2. The molecule has 1 aliphatic rings. The van der Waals surface area contributed by atoms with Crippen molar-refractivity contribution in [2.45, 2.75) is 38.1 Å². The van der Waals surface area contributed by atoms with Crippen LogP contribution in [0.2, 0.25) is 0 Å². The van der Waals surface area contributed by atoms with Crippen molar-refractivity contribution in [1.82, 2.24) is 9.78 Å². The molecule has 0 N–H and O–H groups in total. The van der Waals surface area contributed by atoms with Crippen LogP contribution in [0.4, 0.5) is 0 Å². The average molecular weight is 257 g/mol. The summed E-state index contributed by atoms with van der Waals surface area (Å²) in [6, 6.07) is 0. The molecule has 1 aliphatic carbocycles. The van der Waals surface area contributed by atoms with Crippen LogP contribution < -0.4 is 0 Å². The number of ketones is 1. The minimum Gasteiger partial charge on any atom is -0.297 e. The first-order valence-electron chi connectivity index (χ1n) is 4.87. The Kier molecular flexibility index (Phi) is 2.47. The van der Waals surface area contributed by atoms with Crippen molar-refractivity contribution in [3.05, 3.63) is 16.9 Å². The van der Waals surface area contributed by atoms with E-state index in [0.717, 1.165) is 30.2 Å². The number of halogens is 1. The molecule has 2 rings (SSSR count). The van der Waals surface area contributed by atoms with E-state index in [-0.39, 0.29) is 11.3 Å². The molecule has 0 atom stereocenters. The van der Waals surface area contributed by atoms with Gasteiger partial charge >= 0.3 is 0 Å². The molecule has 4 heteroatoms. The minimum atomic E-state index is -0.355. The summed E-state index contributed by atoms with van der Waals surface area (Å²) in [4.78, 5) is 11.7. The standard InChI is InChI=1S/C10H13BrN2O/c1-8(14)10(4-2-3-5-10)13-7-9(11)6-12-13/h6-7H,2-5H2,1H3. The van der Waals surface area contributed by atoms with E-state index in [1.165, 1.54) is 0 Å². The molecule has 1 heterocycles. The van der Waals surface area contributed by atoms with E-state index in [4.69, 9.17) is 0 Å². The van der Waals surface area contributed by atoms with Gasteiger partial charge < -0.3 is 0 Å². The van der Waals surface area contributed by atoms with Crippen LogP contribution in [0.1, 0.15) is 32.6 Å². The van der Waals surface area contributed by atoms with Crippen LogP contribution in [0.15, 0.2) is 16.9 Å². The molecular weight excluding hydrogens is 244 g/mol. The van der Waals surface area contributed by atoms with Gasteiger partial charge in [-0.2, -0.15) is 5.10 Å². The van der Waals surface area contributed by atoms with E-state index >= 15 is 0 Å². The molecule has 1 aromatic rings. The third-order valence-electron chi connectivity index (χ3n) is 3.08. The van der Waals surface area contributed by atoms with Gasteiger partial charge in [0.05, 0.1) is 10.7 Å². The van der Waals surface area contributed by atoms with Gasteiger partial charge in [0.25, 0.3) is 0 Å². The van der Waals surface area contributed by atoms with Gasteiger partial charge in [0.15, 0.2) is 5.78 Å². The number of hydrogen-bond acceptors (Lipinski definition) is 2. The fraction of sp³-hybridized carbons (Fsp3) is 0.600. The highest BCUT2D eigenvalue weighted by Gasteiger charge is 2.40. The zero-order valence-corrected chi connectivity index (χ0v) is 9.75. The average Bonchev–Trinajstić information content (AvgIpc) is 2.71. The Bertz CT molecular complexity index is 353. The van der Waals surface area contributed by atoms with E-state index in [1.807, 2.05) is 10.9 Å². The second-order valence-corrected chi connectivity index (χ2v) is 4.81. The summed E-state index contributed by atoms with van der Waals surface area (Å²) in [6.07, 6.45) is 7.73. The Morgan fingerprint density at radius 3 is 2.64 bits per heavy atom. The lowest BCUT2D eigenvalue weighted by atomic mass is 9.93. The van der Waals surface area contributed by atoms with Crippen LogP contribution in [-0.4, -0.2) is 15.6 Å². The van der Waals surface area contributed by atoms with Crippen molar-refractivity contribution < 1.29 is 4.79 Å². The normalized spacial score (nSPS) is 19.9. The predicted octanol–water partition coefficient (Wildman–Crippen LogP) is 2.50. The maximum atomic E-state index is 11.7. The fourth-order valence-electron chi connectivity index (χ4n) is 2.24. The number of Topliss-reactive ketones (excluding diaryl/α,β-unsaturated/α-hetero) is 1. The van der Waals surface area contributed by atoms with Crippen molar-refractivity contribution in [3.8, 4) is 0 Å². The molecule has 1 saturated carbocycles. The molecule has 0 spiro atoms. The highest BCUT2D eigenvalue weighted by molar-refractivity contribution is 9.10. The maximum absolute atomic E-state index is 11.7. The molecule has 0 radical (unpaired) electrons. The van der Waals surface area contributed by atoms with Gasteiger partial charge in [0, 0.05) is 6.20 Å². The molecule has 14 heavy (non-hydrogen) atoms. The Morgan fingerprint density at radius 1 is 1.57 bits per heavy atom. The summed E-state index contributed by atoms with van der Waals surface area (Å²) in [5.74, 6) is 0.227. The lowest BCUT2D eigenvalue weighted by Crippen LogP contribution is -2.38. The van der Waals surface area contributed by atoms with E-state index in [0.29, 0.717) is 0 Å². The van der Waals surface area contributed by atoms with Crippen molar-refractivity contribution in [1.29, 1.82) is 0 Å². The van der Waals surface area contributed by atoms with Crippen LogP contribution >= 0.6 is 15.9 Å². The smallest absolute Gasteiger partial charge is 0.157 e. The molecule has 0 amide bonds. The lowest BCUT2D eigenvalue weighted by molar-refractivity contribution is -0.125. The van der Waals surface area contributed by atoms with Gasteiger partial charge in [0.1, 0.15) is 5.54 Å². The van der Waals surface area contributed by atoms with Crippen molar-refractivity contribution in [3.63, 3.8) is 0 Å². The van der Waals surface area contributed by atoms with E-state index in [2.05, 4.69) is 21.0 Å². The summed E-state index contributed by atoms with van der Waals surface area (Å²) in [7, 11) is 0. The van der Waals surface area contributed by atoms with Crippen LogP contribution in [0, 0.1) is 0 Å². The molecule has 76 valence electrons. The highest BCUT2D eigenvalue weighted by Crippen LogP contribution is 2.37. The van der Waals surface area contributed by atoms with Crippen molar-refractivity contribution >= 4 is 21.7 Å². The molecule has 0 unspecified atom stereocenters. The van der Waals surface area contributed by atoms with Gasteiger partial charge in [-0.25, -0.2) is 0 Å². The van der Waals surface area contributed by atoms with Crippen LogP contribution in [-0.2, 0) is 10.3 Å². The molecule has 0 aromatic carbocycles. The van der Waals surface area contributed by atoms with Gasteiger partial charge in [-0.05, 0) is 35.7 Å². The monoisotopic (exact) mass is 256 g/mol. The molecule has 0 bridgehead atoms. The number of aromatic nitrogens is 2. The summed E-state index contributed by atoms with van der Waals surface area (Å²) in [5.41, 5.74) is -0.355. The number of carbonyl (C=O) groups excluding carboxylic acids is 1. The Labute approximate surface area is 91.6 Å². The summed E-state index contributed by atoms with van der Waals surface area (Å²) < 4.78 is 2.76. The molecule has 3 nitrogen and oxygen atoms in total. The van der Waals surface area contributed by atoms with Crippen LogP contribution in [0.5, 0.6) is 0 Å². The van der Waals surface area contributed by atoms with E-state index < -0.39 is 0 Å². The summed E-state index contributed by atoms with van der Waals surface area (Å²) in [6.45, 7) is 1.67. The number of carbonyl (C=O) groups is 1. The third kappa shape index (κ3) is 1.41. The second-order valence-electron chi connectivity index (χ2n) is 3.90. The predicted molar refractivity (Wildman–Crippen MR) is 57.1 cm³/mol. The molecule has 1 aromatic heterocycles. The van der Waals surface area contributed by atoms with Gasteiger partial charge in [0.2, 0.25) is 0 Å². The van der Waals surface area contributed by atoms with Crippen molar-refractivity contribution in [2.24, 2.45) is 0 Å². The molecular formula is C10H13BrN2O. The van der Waals surface area contributed by atoms with Gasteiger partial charge in [-0.3, -0.25) is 9.48 Å². The van der Waals surface area contributed by atoms with Gasteiger partial charge in [-0.1, -0.05) is 12.8 Å². The Hall–Kier alpha value is -0.640. The molecule has 0 aliphatic heterocycles. The third-order valence-corrected chi connectivity index (χ3v) is 3.49. The van der Waals surface area contributed by atoms with Gasteiger partial charge in [-0.15, -0.1) is 0 Å². The minimum absolute atomic E-state index is 0.227. The first-order chi connectivity index (χ1) is 6.65. The van der Waals surface area contributed by atoms with E-state index in [9.17, 15) is 4.79 Å². The number of hydrogen-bond donors (Lipinski definition) is 0. The SMILES string of the molecule is CC(=O)C1(n2cc(Br)cn2)CCCC1. The number of nitrogens with zero attached hydrogens (tertiary/aromatic N) is 2. The van der Waals surface area contributed by atoms with Crippen molar-refractivity contribution in [2.75, 3.05) is 0 Å². The highest BCUT2D eigenvalue weighted by atomic mass is 79.9. The maximum Gasteiger partial charge on any atom is 0.157 e.